The number of ether oxygens (including phenoxy) is 1. The summed E-state index contributed by atoms with van der Waals surface area (Å²) in [7, 11) is 0. The third-order valence-electron chi connectivity index (χ3n) is 3.98. The van der Waals surface area contributed by atoms with E-state index in [9.17, 15) is 4.79 Å². The average Bonchev–Trinajstić information content (AvgIpc) is 3.29. The highest BCUT2D eigenvalue weighted by Gasteiger charge is 2.10. The molecule has 3 aromatic heterocycles. The van der Waals surface area contributed by atoms with Crippen LogP contribution >= 0.6 is 0 Å². The van der Waals surface area contributed by atoms with E-state index in [1.807, 2.05) is 47.3 Å². The van der Waals surface area contributed by atoms with Gasteiger partial charge in [0.1, 0.15) is 0 Å². The molecule has 0 saturated carbocycles. The molecule has 0 aliphatic carbocycles. The second kappa shape index (κ2) is 6.79. The zero-order valence-corrected chi connectivity index (χ0v) is 14.2. The number of carbonyl (C=O) groups is 1. The van der Waals surface area contributed by atoms with Crippen LogP contribution < -0.4 is 0 Å². The normalized spacial score (nSPS) is 11.0. The quantitative estimate of drug-likeness (QED) is 0.519. The molecule has 0 radical (unpaired) electrons. The summed E-state index contributed by atoms with van der Waals surface area (Å²) >= 11 is 0. The number of esters is 1. The fourth-order valence-electron chi connectivity index (χ4n) is 2.79. The minimum atomic E-state index is -0.243. The third-order valence-corrected chi connectivity index (χ3v) is 3.98. The fourth-order valence-corrected chi connectivity index (χ4v) is 2.79. The van der Waals surface area contributed by atoms with Crippen LogP contribution in [0.1, 0.15) is 12.5 Å². The lowest BCUT2D eigenvalue weighted by molar-refractivity contribution is -0.142. The Morgan fingerprint density at radius 2 is 1.96 bits per heavy atom. The van der Waals surface area contributed by atoms with Gasteiger partial charge in [0.15, 0.2) is 11.6 Å². The van der Waals surface area contributed by atoms with Gasteiger partial charge < -0.3 is 9.30 Å². The maximum atomic E-state index is 11.6. The van der Waals surface area contributed by atoms with Gasteiger partial charge in [0.2, 0.25) is 0 Å². The third kappa shape index (κ3) is 3.06. The van der Waals surface area contributed by atoms with E-state index < -0.39 is 0 Å². The Bertz CT molecular complexity index is 1070. The van der Waals surface area contributed by atoms with Crippen molar-refractivity contribution in [2.45, 2.75) is 13.3 Å². The molecule has 0 spiro atoms. The van der Waals surface area contributed by atoms with Crippen LogP contribution in [0, 0.1) is 0 Å². The first-order valence-electron chi connectivity index (χ1n) is 8.32. The Balaban J connectivity index is 1.64. The second-order valence-corrected chi connectivity index (χ2v) is 5.76. The van der Waals surface area contributed by atoms with Crippen LogP contribution in [0.2, 0.25) is 0 Å². The van der Waals surface area contributed by atoms with E-state index in [4.69, 9.17) is 4.74 Å². The van der Waals surface area contributed by atoms with E-state index in [-0.39, 0.29) is 12.4 Å². The lowest BCUT2D eigenvalue weighted by Crippen LogP contribution is -2.07. The summed E-state index contributed by atoms with van der Waals surface area (Å²) in [6.45, 7) is 2.17. The topological polar surface area (TPSA) is 74.8 Å². The Hall–Kier alpha value is -3.48. The van der Waals surface area contributed by atoms with Crippen LogP contribution in [0.25, 0.3) is 22.5 Å². The van der Waals surface area contributed by atoms with E-state index in [0.29, 0.717) is 18.2 Å². The highest BCUT2D eigenvalue weighted by atomic mass is 16.5. The summed E-state index contributed by atoms with van der Waals surface area (Å²) in [4.78, 5) is 20.6. The molecule has 0 aliphatic rings. The standard InChI is InChI=1S/C19H17N5O2/c1-2-26-19(25)9-14-7-8-23(13-14)17-11-20-12-18(22-17)24-16-6-4-3-5-15(16)10-21-24/h3-8,10-13H,2,9H2,1H3. The van der Waals surface area contributed by atoms with Gasteiger partial charge in [-0.3, -0.25) is 9.78 Å². The zero-order chi connectivity index (χ0) is 17.9. The molecule has 0 saturated heterocycles. The van der Waals surface area contributed by atoms with Crippen LogP contribution in [0.3, 0.4) is 0 Å². The Morgan fingerprint density at radius 3 is 2.85 bits per heavy atom. The van der Waals surface area contributed by atoms with Crippen molar-refractivity contribution in [3.63, 3.8) is 0 Å². The van der Waals surface area contributed by atoms with Crippen molar-refractivity contribution in [1.82, 2.24) is 24.3 Å². The number of rotatable bonds is 5. The summed E-state index contributed by atoms with van der Waals surface area (Å²) < 4.78 is 8.57. The predicted octanol–water partition coefficient (Wildman–Crippen LogP) is 2.71. The SMILES string of the molecule is CCOC(=O)Cc1ccn(-c2cncc(-n3ncc4ccccc43)n2)c1. The molecule has 4 aromatic rings. The Kier molecular flexibility index (Phi) is 4.18. The van der Waals surface area contributed by atoms with Crippen LogP contribution in [0.4, 0.5) is 0 Å². The first kappa shape index (κ1) is 16.0. The molecule has 26 heavy (non-hydrogen) atoms. The molecule has 0 fully saturated rings. The van der Waals surface area contributed by atoms with E-state index >= 15 is 0 Å². The van der Waals surface area contributed by atoms with Crippen molar-refractivity contribution in [3.8, 4) is 11.6 Å². The molecule has 1 aromatic carbocycles. The van der Waals surface area contributed by atoms with Crippen molar-refractivity contribution in [2.24, 2.45) is 0 Å². The lowest BCUT2D eigenvalue weighted by Gasteiger charge is -2.06. The van der Waals surface area contributed by atoms with Gasteiger partial charge >= 0.3 is 5.97 Å². The molecule has 130 valence electrons. The summed E-state index contributed by atoms with van der Waals surface area (Å²) in [6.07, 6.45) is 9.08. The zero-order valence-electron chi connectivity index (χ0n) is 14.2. The summed E-state index contributed by atoms with van der Waals surface area (Å²) in [5.74, 6) is 1.04. The van der Waals surface area contributed by atoms with Crippen molar-refractivity contribution >= 4 is 16.9 Å². The van der Waals surface area contributed by atoms with Crippen molar-refractivity contribution in [2.75, 3.05) is 6.61 Å². The molecule has 0 amide bonds. The molecular weight excluding hydrogens is 330 g/mol. The Labute approximate surface area is 149 Å². The highest BCUT2D eigenvalue weighted by molar-refractivity contribution is 5.79. The van der Waals surface area contributed by atoms with Gasteiger partial charge in [0, 0.05) is 17.8 Å². The fraction of sp³-hybridized carbons (Fsp3) is 0.158. The number of aromatic nitrogens is 5. The molecule has 3 heterocycles. The van der Waals surface area contributed by atoms with Crippen molar-refractivity contribution < 1.29 is 9.53 Å². The maximum absolute atomic E-state index is 11.6. The van der Waals surface area contributed by atoms with Crippen LogP contribution in [0.15, 0.2) is 61.3 Å². The molecule has 4 rings (SSSR count). The number of carbonyl (C=O) groups excluding carboxylic acids is 1. The monoisotopic (exact) mass is 347 g/mol. The molecular formula is C19H17N5O2. The molecule has 0 atom stereocenters. The largest absolute Gasteiger partial charge is 0.466 e. The molecule has 0 N–H and O–H groups in total. The average molecular weight is 347 g/mol. The number of hydrogen-bond donors (Lipinski definition) is 0. The number of hydrogen-bond acceptors (Lipinski definition) is 5. The first-order valence-corrected chi connectivity index (χ1v) is 8.32. The van der Waals surface area contributed by atoms with Gasteiger partial charge in [-0.1, -0.05) is 18.2 Å². The summed E-state index contributed by atoms with van der Waals surface area (Å²) in [6, 6.07) is 9.80. The van der Waals surface area contributed by atoms with Gasteiger partial charge in [-0.05, 0) is 24.6 Å². The number of para-hydroxylation sites is 1. The molecule has 0 unspecified atom stereocenters. The van der Waals surface area contributed by atoms with Crippen LogP contribution in [-0.2, 0) is 16.0 Å². The highest BCUT2D eigenvalue weighted by Crippen LogP contribution is 2.17. The van der Waals surface area contributed by atoms with Gasteiger partial charge in [-0.15, -0.1) is 0 Å². The number of benzene rings is 1. The number of fused-ring (bicyclic) bond motifs is 1. The van der Waals surface area contributed by atoms with Crippen LogP contribution in [0.5, 0.6) is 0 Å². The minimum absolute atomic E-state index is 0.234. The summed E-state index contributed by atoms with van der Waals surface area (Å²) in [5, 5.41) is 5.45. The van der Waals surface area contributed by atoms with Crippen molar-refractivity contribution in [3.05, 3.63) is 66.9 Å². The van der Waals surface area contributed by atoms with Crippen molar-refractivity contribution in [1.29, 1.82) is 0 Å². The maximum Gasteiger partial charge on any atom is 0.310 e. The van der Waals surface area contributed by atoms with Gasteiger partial charge in [-0.2, -0.15) is 5.10 Å². The van der Waals surface area contributed by atoms with Crippen LogP contribution in [-0.4, -0.2) is 36.9 Å². The van der Waals surface area contributed by atoms with Gasteiger partial charge in [0.25, 0.3) is 0 Å². The molecule has 7 nitrogen and oxygen atoms in total. The van der Waals surface area contributed by atoms with E-state index in [2.05, 4.69) is 15.1 Å². The van der Waals surface area contributed by atoms with E-state index in [1.165, 1.54) is 0 Å². The minimum Gasteiger partial charge on any atom is -0.466 e. The predicted molar refractivity (Wildman–Crippen MR) is 96.3 cm³/mol. The first-order chi connectivity index (χ1) is 12.7. The van der Waals surface area contributed by atoms with E-state index in [0.717, 1.165) is 16.5 Å². The molecule has 7 heteroatoms. The smallest absolute Gasteiger partial charge is 0.310 e. The number of nitrogens with zero attached hydrogens (tertiary/aromatic N) is 5. The van der Waals surface area contributed by atoms with E-state index in [1.54, 1.807) is 30.2 Å². The Morgan fingerprint density at radius 1 is 1.12 bits per heavy atom. The molecule has 0 bridgehead atoms. The second-order valence-electron chi connectivity index (χ2n) is 5.76. The summed E-state index contributed by atoms with van der Waals surface area (Å²) in [5.41, 5.74) is 1.83. The van der Waals surface area contributed by atoms with Gasteiger partial charge in [0.05, 0.1) is 37.1 Å². The lowest BCUT2D eigenvalue weighted by atomic mass is 10.2. The van der Waals surface area contributed by atoms with Gasteiger partial charge in [-0.25, -0.2) is 9.67 Å². The molecule has 0 aliphatic heterocycles.